The van der Waals surface area contributed by atoms with Crippen LogP contribution in [-0.4, -0.2) is 25.3 Å². The second-order valence-electron chi connectivity index (χ2n) is 4.15. The molecule has 0 fully saturated rings. The molecule has 7 heteroatoms. The van der Waals surface area contributed by atoms with E-state index in [9.17, 15) is 4.79 Å². The van der Waals surface area contributed by atoms with Crippen LogP contribution in [0.4, 0.5) is 5.69 Å². The Hall–Kier alpha value is -1.92. The predicted molar refractivity (Wildman–Crippen MR) is 83.2 cm³/mol. The fourth-order valence-electron chi connectivity index (χ4n) is 1.77. The number of hydrogen-bond acceptors (Lipinski definition) is 5. The number of carboxylic acids is 1. The zero-order valence-corrected chi connectivity index (χ0v) is 13.0. The van der Waals surface area contributed by atoms with Gasteiger partial charge in [0, 0.05) is 22.9 Å². The molecule has 0 saturated heterocycles. The highest BCUT2D eigenvalue weighted by molar-refractivity contribution is 7.10. The average molecular weight is 328 g/mol. The van der Waals surface area contributed by atoms with Gasteiger partial charge in [-0.25, -0.2) is 4.79 Å². The first-order chi connectivity index (χ1) is 10.0. The topological polar surface area (TPSA) is 67.8 Å². The highest BCUT2D eigenvalue weighted by Crippen LogP contribution is 2.36. The molecule has 2 aromatic rings. The van der Waals surface area contributed by atoms with Gasteiger partial charge >= 0.3 is 5.97 Å². The van der Waals surface area contributed by atoms with Crippen molar-refractivity contribution in [1.82, 2.24) is 0 Å². The van der Waals surface area contributed by atoms with Gasteiger partial charge in [-0.2, -0.15) is 0 Å². The number of hydrogen-bond donors (Lipinski definition) is 2. The maximum absolute atomic E-state index is 10.8. The summed E-state index contributed by atoms with van der Waals surface area (Å²) in [5, 5.41) is 14.2. The van der Waals surface area contributed by atoms with Crippen LogP contribution < -0.4 is 14.8 Å². The summed E-state index contributed by atoms with van der Waals surface area (Å²) < 4.78 is 10.4. The number of carboxylic acid groups (broad SMARTS) is 1. The molecular formula is C14H14ClNO4S. The van der Waals surface area contributed by atoms with E-state index in [1.165, 1.54) is 18.4 Å². The molecule has 1 heterocycles. The maximum Gasteiger partial charge on any atom is 0.336 e. The monoisotopic (exact) mass is 327 g/mol. The van der Waals surface area contributed by atoms with Crippen molar-refractivity contribution in [3.05, 3.63) is 39.0 Å². The van der Waals surface area contributed by atoms with Gasteiger partial charge in [0.05, 0.1) is 30.5 Å². The second kappa shape index (κ2) is 6.69. The van der Waals surface area contributed by atoms with E-state index in [-0.39, 0.29) is 5.56 Å². The SMILES string of the molecule is COc1cc(OC)c(NCc2cc(C(=O)O)cs2)cc1Cl. The molecular weight excluding hydrogens is 314 g/mol. The van der Waals surface area contributed by atoms with Gasteiger partial charge in [0.1, 0.15) is 11.5 Å². The van der Waals surface area contributed by atoms with Crippen LogP contribution in [0.5, 0.6) is 11.5 Å². The number of methoxy groups -OCH3 is 2. The number of thiophene rings is 1. The third-order valence-corrected chi connectivity index (χ3v) is 4.06. The molecule has 2 N–H and O–H groups in total. The number of carbonyl (C=O) groups is 1. The zero-order chi connectivity index (χ0) is 15.4. The van der Waals surface area contributed by atoms with E-state index in [1.807, 2.05) is 0 Å². The number of rotatable bonds is 6. The number of halogens is 1. The molecule has 0 spiro atoms. The molecule has 0 aliphatic rings. The summed E-state index contributed by atoms with van der Waals surface area (Å²) in [6.07, 6.45) is 0. The highest BCUT2D eigenvalue weighted by atomic mass is 35.5. The summed E-state index contributed by atoms with van der Waals surface area (Å²) in [4.78, 5) is 11.7. The summed E-state index contributed by atoms with van der Waals surface area (Å²) in [5.74, 6) is 0.206. The van der Waals surface area contributed by atoms with E-state index in [0.717, 1.165) is 4.88 Å². The molecule has 112 valence electrons. The van der Waals surface area contributed by atoms with Crippen molar-refractivity contribution >= 4 is 34.6 Å². The summed E-state index contributed by atoms with van der Waals surface area (Å²) in [7, 11) is 3.09. The minimum absolute atomic E-state index is 0.288. The van der Waals surface area contributed by atoms with E-state index in [2.05, 4.69) is 5.32 Å². The lowest BCUT2D eigenvalue weighted by Gasteiger charge is -2.13. The Balaban J connectivity index is 2.15. The Morgan fingerprint density at radius 1 is 1.29 bits per heavy atom. The van der Waals surface area contributed by atoms with Gasteiger partial charge in [-0.1, -0.05) is 11.6 Å². The Morgan fingerprint density at radius 3 is 2.57 bits per heavy atom. The van der Waals surface area contributed by atoms with Gasteiger partial charge in [-0.15, -0.1) is 11.3 Å². The third-order valence-electron chi connectivity index (χ3n) is 2.83. The molecule has 0 radical (unpaired) electrons. The molecule has 0 aliphatic heterocycles. The smallest absolute Gasteiger partial charge is 0.336 e. The third kappa shape index (κ3) is 3.59. The van der Waals surface area contributed by atoms with Crippen LogP contribution in [0.15, 0.2) is 23.6 Å². The second-order valence-corrected chi connectivity index (χ2v) is 5.55. The summed E-state index contributed by atoms with van der Waals surface area (Å²) in [5.41, 5.74) is 1.00. The molecule has 5 nitrogen and oxygen atoms in total. The number of ether oxygens (including phenoxy) is 2. The molecule has 1 aromatic heterocycles. The Labute approximate surface area is 131 Å². The first kappa shape index (κ1) is 15.5. The zero-order valence-electron chi connectivity index (χ0n) is 11.5. The number of benzene rings is 1. The molecule has 0 aliphatic carbocycles. The molecule has 0 amide bonds. The average Bonchev–Trinajstić information content (AvgIpc) is 2.94. The normalized spacial score (nSPS) is 10.2. The van der Waals surface area contributed by atoms with Gasteiger partial charge in [-0.05, 0) is 12.1 Å². The van der Waals surface area contributed by atoms with E-state index in [4.69, 9.17) is 26.2 Å². The van der Waals surface area contributed by atoms with Crippen LogP contribution in [0.3, 0.4) is 0 Å². The van der Waals surface area contributed by atoms with Crippen LogP contribution in [0.25, 0.3) is 0 Å². The van der Waals surface area contributed by atoms with Crippen molar-refractivity contribution in [2.24, 2.45) is 0 Å². The van der Waals surface area contributed by atoms with Crippen molar-refractivity contribution in [2.45, 2.75) is 6.54 Å². The lowest BCUT2D eigenvalue weighted by Crippen LogP contribution is -2.01. The maximum atomic E-state index is 10.8. The summed E-state index contributed by atoms with van der Waals surface area (Å²) in [6, 6.07) is 5.05. The summed E-state index contributed by atoms with van der Waals surface area (Å²) in [6.45, 7) is 0.483. The first-order valence-electron chi connectivity index (χ1n) is 6.01. The number of nitrogens with one attached hydrogen (secondary N) is 1. The fraction of sp³-hybridized carbons (Fsp3) is 0.214. The molecule has 2 rings (SSSR count). The fourth-order valence-corrected chi connectivity index (χ4v) is 2.80. The molecule has 0 atom stereocenters. The molecule has 0 saturated carbocycles. The minimum Gasteiger partial charge on any atom is -0.495 e. The number of aromatic carboxylic acids is 1. The van der Waals surface area contributed by atoms with Crippen LogP contribution in [0, 0.1) is 0 Å². The van der Waals surface area contributed by atoms with E-state index in [1.54, 1.807) is 30.7 Å². The van der Waals surface area contributed by atoms with Crippen molar-refractivity contribution in [1.29, 1.82) is 0 Å². The van der Waals surface area contributed by atoms with Gasteiger partial charge in [0.15, 0.2) is 0 Å². The largest absolute Gasteiger partial charge is 0.495 e. The van der Waals surface area contributed by atoms with E-state index >= 15 is 0 Å². The van der Waals surface area contributed by atoms with Gasteiger partial charge in [-0.3, -0.25) is 0 Å². The van der Waals surface area contributed by atoms with Crippen molar-refractivity contribution in [3.8, 4) is 11.5 Å². The predicted octanol–water partition coefficient (Wildman–Crippen LogP) is 3.73. The van der Waals surface area contributed by atoms with Crippen molar-refractivity contribution in [2.75, 3.05) is 19.5 Å². The lowest BCUT2D eigenvalue weighted by molar-refractivity contribution is 0.0697. The van der Waals surface area contributed by atoms with Gasteiger partial charge in [0.25, 0.3) is 0 Å². The van der Waals surface area contributed by atoms with Crippen LogP contribution in [-0.2, 0) is 6.54 Å². The first-order valence-corrected chi connectivity index (χ1v) is 7.27. The van der Waals surface area contributed by atoms with Gasteiger partial charge in [0.2, 0.25) is 0 Å². The molecule has 1 aromatic carbocycles. The lowest BCUT2D eigenvalue weighted by atomic mass is 10.2. The highest BCUT2D eigenvalue weighted by Gasteiger charge is 2.11. The van der Waals surface area contributed by atoms with Crippen molar-refractivity contribution < 1.29 is 19.4 Å². The molecule has 0 bridgehead atoms. The van der Waals surface area contributed by atoms with Crippen LogP contribution >= 0.6 is 22.9 Å². The van der Waals surface area contributed by atoms with E-state index < -0.39 is 5.97 Å². The molecule has 0 unspecified atom stereocenters. The Kier molecular flexibility index (Phi) is 4.93. The van der Waals surface area contributed by atoms with Crippen LogP contribution in [0.1, 0.15) is 15.2 Å². The molecule has 21 heavy (non-hydrogen) atoms. The quantitative estimate of drug-likeness (QED) is 0.846. The van der Waals surface area contributed by atoms with Crippen LogP contribution in [0.2, 0.25) is 5.02 Å². The Bertz CT molecular complexity index is 656. The van der Waals surface area contributed by atoms with Crippen molar-refractivity contribution in [3.63, 3.8) is 0 Å². The van der Waals surface area contributed by atoms with Gasteiger partial charge < -0.3 is 19.9 Å². The Morgan fingerprint density at radius 2 is 2.00 bits per heavy atom. The standard InChI is InChI=1S/C14H14ClNO4S/c1-19-12-5-13(20-2)11(4-10(12)15)16-6-9-3-8(7-21-9)14(17)18/h3-5,7,16H,6H2,1-2H3,(H,17,18). The number of anilines is 1. The summed E-state index contributed by atoms with van der Waals surface area (Å²) >= 11 is 7.47. The van der Waals surface area contributed by atoms with E-state index in [0.29, 0.717) is 28.8 Å². The minimum atomic E-state index is -0.928.